The molecule has 0 bridgehead atoms. The molecule has 0 saturated heterocycles. The summed E-state index contributed by atoms with van der Waals surface area (Å²) in [5.41, 5.74) is 2.38. The number of sulfonamides is 1. The zero-order valence-electron chi connectivity index (χ0n) is 16.2. The molecule has 29 heavy (non-hydrogen) atoms. The van der Waals surface area contributed by atoms with Crippen LogP contribution in [-0.4, -0.2) is 38.2 Å². The summed E-state index contributed by atoms with van der Waals surface area (Å²) in [6, 6.07) is 14.5. The van der Waals surface area contributed by atoms with Crippen molar-refractivity contribution in [3.63, 3.8) is 0 Å². The predicted molar refractivity (Wildman–Crippen MR) is 114 cm³/mol. The second kappa shape index (κ2) is 8.52. The van der Waals surface area contributed by atoms with E-state index >= 15 is 0 Å². The molecule has 1 unspecified atom stereocenters. The Morgan fingerprint density at radius 2 is 2.00 bits per heavy atom. The lowest BCUT2D eigenvalue weighted by Crippen LogP contribution is -2.29. The van der Waals surface area contributed by atoms with E-state index in [9.17, 15) is 8.42 Å². The first-order valence-corrected chi connectivity index (χ1v) is 10.6. The number of fused-ring (bicyclic) bond motifs is 1. The number of rotatable bonds is 6. The van der Waals surface area contributed by atoms with E-state index in [-0.39, 0.29) is 23.3 Å². The van der Waals surface area contributed by atoms with E-state index in [0.717, 1.165) is 11.3 Å². The molecular formula is C20H23ClN4O3S. The van der Waals surface area contributed by atoms with Gasteiger partial charge in [-0.1, -0.05) is 29.4 Å². The number of hydrogen-bond donors (Lipinski definition) is 1. The Hall–Kier alpha value is -2.42. The Balaban J connectivity index is 0.00000240. The second-order valence-corrected chi connectivity index (χ2v) is 8.76. The first kappa shape index (κ1) is 21.3. The van der Waals surface area contributed by atoms with Crippen LogP contribution in [0.15, 0.2) is 57.9 Å². The van der Waals surface area contributed by atoms with Gasteiger partial charge in [-0.05, 0) is 50.2 Å². The topological polar surface area (TPSA) is 88.3 Å². The molecule has 1 aliphatic rings. The Bertz CT molecular complexity index is 1100. The highest BCUT2D eigenvalue weighted by Gasteiger charge is 2.31. The molecule has 3 aromatic rings. The van der Waals surface area contributed by atoms with Gasteiger partial charge in [0.05, 0.1) is 10.6 Å². The fraction of sp³-hybridized carbons (Fsp3) is 0.300. The standard InChI is InChI=1S/C20H22N4O3S.ClH/c1-14(21-2)12-19-22-20(27-23-19)16-7-5-8-17(13-16)28(25,26)24-11-10-15-6-3-4-9-18(15)24;/h3-9,13-14,21H,10-12H2,1-2H3;1H. The van der Waals surface area contributed by atoms with Crippen molar-refractivity contribution >= 4 is 28.1 Å². The molecule has 2 heterocycles. The van der Waals surface area contributed by atoms with E-state index < -0.39 is 10.0 Å². The van der Waals surface area contributed by atoms with Gasteiger partial charge in [0.1, 0.15) is 0 Å². The Labute approximate surface area is 176 Å². The zero-order valence-corrected chi connectivity index (χ0v) is 17.8. The molecule has 0 radical (unpaired) electrons. The van der Waals surface area contributed by atoms with Crippen LogP contribution >= 0.6 is 12.4 Å². The van der Waals surface area contributed by atoms with Crippen LogP contribution in [0, 0.1) is 0 Å². The average molecular weight is 435 g/mol. The monoisotopic (exact) mass is 434 g/mol. The number of para-hydroxylation sites is 1. The van der Waals surface area contributed by atoms with E-state index in [2.05, 4.69) is 15.5 Å². The summed E-state index contributed by atoms with van der Waals surface area (Å²) in [6.07, 6.45) is 1.34. The van der Waals surface area contributed by atoms with Crippen LogP contribution in [0.1, 0.15) is 18.3 Å². The molecule has 9 heteroatoms. The number of likely N-dealkylation sites (N-methyl/N-ethyl adjacent to an activating group) is 1. The summed E-state index contributed by atoms with van der Waals surface area (Å²) in [6.45, 7) is 2.47. The molecule has 2 aromatic carbocycles. The predicted octanol–water partition coefficient (Wildman–Crippen LogP) is 3.06. The largest absolute Gasteiger partial charge is 0.334 e. The van der Waals surface area contributed by atoms with Gasteiger partial charge in [-0.25, -0.2) is 8.42 Å². The third-order valence-electron chi connectivity index (χ3n) is 4.96. The third kappa shape index (κ3) is 4.14. The van der Waals surface area contributed by atoms with Crippen molar-refractivity contribution in [3.8, 4) is 11.5 Å². The fourth-order valence-electron chi connectivity index (χ4n) is 3.30. The molecule has 0 aliphatic carbocycles. The van der Waals surface area contributed by atoms with Crippen LogP contribution in [-0.2, 0) is 22.9 Å². The summed E-state index contributed by atoms with van der Waals surface area (Å²) < 4.78 is 33.3. The van der Waals surface area contributed by atoms with Crippen molar-refractivity contribution in [2.75, 3.05) is 17.9 Å². The fourth-order valence-corrected chi connectivity index (χ4v) is 4.85. The molecule has 1 aromatic heterocycles. The van der Waals surface area contributed by atoms with Crippen LogP contribution in [0.25, 0.3) is 11.5 Å². The first-order chi connectivity index (χ1) is 13.5. The van der Waals surface area contributed by atoms with E-state index in [1.165, 1.54) is 4.31 Å². The summed E-state index contributed by atoms with van der Waals surface area (Å²) in [5, 5.41) is 7.12. The molecule has 4 rings (SSSR count). The average Bonchev–Trinajstić information content (AvgIpc) is 3.35. The van der Waals surface area contributed by atoms with Gasteiger partial charge >= 0.3 is 0 Å². The summed E-state index contributed by atoms with van der Waals surface area (Å²) in [7, 11) is -1.79. The second-order valence-electron chi connectivity index (χ2n) is 6.89. The van der Waals surface area contributed by atoms with Gasteiger partial charge in [0.15, 0.2) is 5.82 Å². The van der Waals surface area contributed by atoms with E-state index in [4.69, 9.17) is 4.52 Å². The van der Waals surface area contributed by atoms with Gasteiger partial charge in [-0.3, -0.25) is 4.31 Å². The molecule has 1 N–H and O–H groups in total. The SMILES string of the molecule is CNC(C)Cc1noc(-c2cccc(S(=O)(=O)N3CCc4ccccc43)c2)n1.Cl. The highest BCUT2D eigenvalue weighted by Crippen LogP contribution is 2.33. The van der Waals surface area contributed by atoms with Crippen LogP contribution < -0.4 is 9.62 Å². The molecule has 154 valence electrons. The Morgan fingerprint density at radius 1 is 1.21 bits per heavy atom. The number of hydrogen-bond acceptors (Lipinski definition) is 6. The maximum atomic E-state index is 13.2. The van der Waals surface area contributed by atoms with Gasteiger partial charge in [-0.15, -0.1) is 12.4 Å². The quantitative estimate of drug-likeness (QED) is 0.641. The molecule has 0 saturated carbocycles. The minimum Gasteiger partial charge on any atom is -0.334 e. The highest BCUT2D eigenvalue weighted by molar-refractivity contribution is 7.92. The van der Waals surface area contributed by atoms with Crippen molar-refractivity contribution in [3.05, 3.63) is 59.9 Å². The Kier molecular flexibility index (Phi) is 6.26. The number of halogens is 1. The molecule has 0 fully saturated rings. The minimum absolute atomic E-state index is 0. The summed E-state index contributed by atoms with van der Waals surface area (Å²) in [4.78, 5) is 4.61. The number of nitrogens with zero attached hydrogens (tertiary/aromatic N) is 3. The lowest BCUT2D eigenvalue weighted by atomic mass is 10.2. The number of benzene rings is 2. The lowest BCUT2D eigenvalue weighted by molar-refractivity contribution is 0.418. The number of nitrogens with one attached hydrogen (secondary N) is 1. The molecule has 0 spiro atoms. The summed E-state index contributed by atoms with van der Waals surface area (Å²) >= 11 is 0. The van der Waals surface area contributed by atoms with Gasteiger partial charge in [0, 0.05) is 24.6 Å². The molecule has 0 amide bonds. The summed E-state index contributed by atoms with van der Waals surface area (Å²) in [5.74, 6) is 0.899. The maximum absolute atomic E-state index is 13.2. The normalized spacial score (nSPS) is 14.3. The molecule has 7 nitrogen and oxygen atoms in total. The number of aromatic nitrogens is 2. The van der Waals surface area contributed by atoms with Gasteiger partial charge in [0.25, 0.3) is 15.9 Å². The van der Waals surface area contributed by atoms with Crippen molar-refractivity contribution in [2.24, 2.45) is 0 Å². The van der Waals surface area contributed by atoms with Crippen molar-refractivity contribution in [1.82, 2.24) is 15.5 Å². The van der Waals surface area contributed by atoms with E-state index in [0.29, 0.717) is 36.7 Å². The molecule has 1 aliphatic heterocycles. The zero-order chi connectivity index (χ0) is 19.7. The first-order valence-electron chi connectivity index (χ1n) is 9.20. The van der Waals surface area contributed by atoms with Gasteiger partial charge in [-0.2, -0.15) is 4.98 Å². The highest BCUT2D eigenvalue weighted by atomic mass is 35.5. The smallest absolute Gasteiger partial charge is 0.264 e. The molecule has 1 atom stereocenters. The van der Waals surface area contributed by atoms with Crippen LogP contribution in [0.3, 0.4) is 0 Å². The van der Waals surface area contributed by atoms with Crippen molar-refractivity contribution in [1.29, 1.82) is 0 Å². The molecular weight excluding hydrogens is 412 g/mol. The van der Waals surface area contributed by atoms with Crippen LogP contribution in [0.2, 0.25) is 0 Å². The maximum Gasteiger partial charge on any atom is 0.264 e. The van der Waals surface area contributed by atoms with Gasteiger partial charge < -0.3 is 9.84 Å². The van der Waals surface area contributed by atoms with Crippen molar-refractivity contribution < 1.29 is 12.9 Å². The van der Waals surface area contributed by atoms with E-state index in [1.807, 2.05) is 38.2 Å². The van der Waals surface area contributed by atoms with Crippen LogP contribution in [0.5, 0.6) is 0 Å². The number of anilines is 1. The third-order valence-corrected chi connectivity index (χ3v) is 6.77. The van der Waals surface area contributed by atoms with E-state index in [1.54, 1.807) is 24.3 Å². The minimum atomic E-state index is -3.67. The van der Waals surface area contributed by atoms with Crippen molar-refractivity contribution in [2.45, 2.75) is 30.7 Å². The van der Waals surface area contributed by atoms with Crippen LogP contribution in [0.4, 0.5) is 5.69 Å². The lowest BCUT2D eigenvalue weighted by Gasteiger charge is -2.19. The van der Waals surface area contributed by atoms with Gasteiger partial charge in [0.2, 0.25) is 0 Å². The Morgan fingerprint density at radius 3 is 2.79 bits per heavy atom.